The zero-order valence-corrected chi connectivity index (χ0v) is 12.9. The lowest BCUT2D eigenvalue weighted by atomic mass is 10.0. The lowest BCUT2D eigenvalue weighted by Crippen LogP contribution is -2.39. The summed E-state index contributed by atoms with van der Waals surface area (Å²) in [4.78, 5) is 0. The van der Waals surface area contributed by atoms with E-state index in [1.165, 1.54) is 19.3 Å². The van der Waals surface area contributed by atoms with Crippen LogP contribution in [0, 0.1) is 5.92 Å². The predicted molar refractivity (Wildman–Crippen MR) is 78.0 cm³/mol. The minimum absolute atomic E-state index is 0.195. The van der Waals surface area contributed by atoms with Gasteiger partial charge in [-0.25, -0.2) is 13.1 Å². The molecule has 1 atom stereocenters. The van der Waals surface area contributed by atoms with Crippen molar-refractivity contribution < 1.29 is 8.42 Å². The molecule has 18 heavy (non-hydrogen) atoms. The molecule has 0 saturated carbocycles. The monoisotopic (exact) mass is 278 g/mol. The molecule has 0 aromatic heterocycles. The maximum absolute atomic E-state index is 11.8. The van der Waals surface area contributed by atoms with Gasteiger partial charge in [0.1, 0.15) is 0 Å². The van der Waals surface area contributed by atoms with Crippen LogP contribution in [-0.4, -0.2) is 26.8 Å². The van der Waals surface area contributed by atoms with E-state index in [0.717, 1.165) is 18.8 Å². The van der Waals surface area contributed by atoms with Gasteiger partial charge in [-0.05, 0) is 18.8 Å². The van der Waals surface area contributed by atoms with E-state index in [2.05, 4.69) is 18.6 Å². The van der Waals surface area contributed by atoms with Crippen molar-refractivity contribution in [2.75, 3.05) is 13.1 Å². The van der Waals surface area contributed by atoms with Gasteiger partial charge in [-0.1, -0.05) is 46.5 Å². The number of rotatable bonds is 11. The number of hydrogen-bond donors (Lipinski definition) is 2. The summed E-state index contributed by atoms with van der Waals surface area (Å²) in [7, 11) is -3.20. The molecule has 0 aliphatic rings. The number of nitrogens with one attached hydrogen (secondary N) is 1. The maximum Gasteiger partial charge on any atom is 0.215 e. The fourth-order valence-electron chi connectivity index (χ4n) is 1.88. The number of unbranched alkanes of at least 4 members (excludes halogenated alkanes) is 3. The van der Waals surface area contributed by atoms with Crippen LogP contribution in [0.5, 0.6) is 0 Å². The number of nitrogens with two attached hydrogens (primary N) is 1. The van der Waals surface area contributed by atoms with Crippen LogP contribution in [0.1, 0.15) is 59.3 Å². The number of hydrogen-bond acceptors (Lipinski definition) is 3. The molecule has 1 unspecified atom stereocenters. The molecule has 0 rings (SSSR count). The summed E-state index contributed by atoms with van der Waals surface area (Å²) in [6, 6.07) is 0. The van der Waals surface area contributed by atoms with Crippen LogP contribution in [0.4, 0.5) is 0 Å². The van der Waals surface area contributed by atoms with Crippen molar-refractivity contribution in [1.29, 1.82) is 0 Å². The van der Waals surface area contributed by atoms with Gasteiger partial charge in [0.05, 0.1) is 5.25 Å². The second-order valence-electron chi connectivity index (χ2n) is 5.30. The smallest absolute Gasteiger partial charge is 0.215 e. The Hall–Kier alpha value is -0.130. The van der Waals surface area contributed by atoms with Gasteiger partial charge in [0.2, 0.25) is 10.0 Å². The Kier molecular flexibility index (Phi) is 9.68. The van der Waals surface area contributed by atoms with E-state index in [-0.39, 0.29) is 6.54 Å². The van der Waals surface area contributed by atoms with Gasteiger partial charge >= 0.3 is 0 Å². The molecule has 0 heterocycles. The van der Waals surface area contributed by atoms with Gasteiger partial charge in [-0.15, -0.1) is 0 Å². The minimum atomic E-state index is -3.20. The van der Waals surface area contributed by atoms with Crippen molar-refractivity contribution >= 4 is 10.0 Å². The molecular formula is C13H30N2O2S. The summed E-state index contributed by atoms with van der Waals surface area (Å²) in [5, 5.41) is -0.446. The summed E-state index contributed by atoms with van der Waals surface area (Å²) in [6.07, 6.45) is 6.27. The van der Waals surface area contributed by atoms with Crippen LogP contribution in [-0.2, 0) is 10.0 Å². The fourth-order valence-corrected chi connectivity index (χ4v) is 3.23. The summed E-state index contributed by atoms with van der Waals surface area (Å²) in [5.41, 5.74) is 5.45. The van der Waals surface area contributed by atoms with E-state index in [4.69, 9.17) is 5.73 Å². The summed E-state index contributed by atoms with van der Waals surface area (Å²) < 4.78 is 26.2. The Morgan fingerprint density at radius 3 is 2.22 bits per heavy atom. The highest BCUT2D eigenvalue weighted by Crippen LogP contribution is 2.09. The van der Waals surface area contributed by atoms with Gasteiger partial charge in [0.15, 0.2) is 0 Å². The molecule has 0 aromatic carbocycles. The zero-order valence-electron chi connectivity index (χ0n) is 12.1. The molecule has 0 saturated heterocycles. The molecule has 0 aromatic rings. The zero-order chi connectivity index (χ0) is 14.0. The second-order valence-corrected chi connectivity index (χ2v) is 7.35. The number of sulfonamides is 1. The Morgan fingerprint density at radius 1 is 1.11 bits per heavy atom. The van der Waals surface area contributed by atoms with Crippen LogP contribution in [0.15, 0.2) is 0 Å². The van der Waals surface area contributed by atoms with Gasteiger partial charge < -0.3 is 5.73 Å². The summed E-state index contributed by atoms with van der Waals surface area (Å²) in [6.45, 7) is 7.04. The van der Waals surface area contributed by atoms with Crippen molar-refractivity contribution in [1.82, 2.24) is 4.72 Å². The topological polar surface area (TPSA) is 72.2 Å². The SMILES string of the molecule is CCC(CN)S(=O)(=O)NCCCCCCC(C)C. The first-order valence-corrected chi connectivity index (χ1v) is 8.67. The molecular weight excluding hydrogens is 248 g/mol. The van der Waals surface area contributed by atoms with Crippen LogP contribution in [0.3, 0.4) is 0 Å². The minimum Gasteiger partial charge on any atom is -0.329 e. The average molecular weight is 278 g/mol. The third-order valence-electron chi connectivity index (χ3n) is 3.17. The van der Waals surface area contributed by atoms with E-state index in [1.807, 2.05) is 6.92 Å². The highest BCUT2D eigenvalue weighted by atomic mass is 32.2. The molecule has 0 aliphatic heterocycles. The molecule has 0 aliphatic carbocycles. The molecule has 5 heteroatoms. The molecule has 0 bridgehead atoms. The molecule has 4 nitrogen and oxygen atoms in total. The van der Waals surface area contributed by atoms with Gasteiger partial charge in [0.25, 0.3) is 0 Å². The highest BCUT2D eigenvalue weighted by Gasteiger charge is 2.20. The van der Waals surface area contributed by atoms with E-state index >= 15 is 0 Å². The standard InChI is InChI=1S/C13H30N2O2S/c1-4-13(11-14)18(16,17)15-10-8-6-5-7-9-12(2)3/h12-13,15H,4-11,14H2,1-3H3. The second kappa shape index (κ2) is 9.75. The molecule has 0 spiro atoms. The van der Waals surface area contributed by atoms with Crippen LogP contribution in [0.2, 0.25) is 0 Å². The van der Waals surface area contributed by atoms with Crippen molar-refractivity contribution in [2.24, 2.45) is 11.7 Å². The van der Waals surface area contributed by atoms with Crippen LogP contribution in [0.25, 0.3) is 0 Å². The molecule has 0 radical (unpaired) electrons. The first kappa shape index (κ1) is 17.9. The molecule has 110 valence electrons. The Balaban J connectivity index is 3.65. The fraction of sp³-hybridized carbons (Fsp3) is 1.00. The largest absolute Gasteiger partial charge is 0.329 e. The Labute approximate surface area is 113 Å². The van der Waals surface area contributed by atoms with Gasteiger partial charge in [-0.3, -0.25) is 0 Å². The van der Waals surface area contributed by atoms with Crippen molar-refractivity contribution in [3.63, 3.8) is 0 Å². The van der Waals surface area contributed by atoms with Crippen LogP contribution >= 0.6 is 0 Å². The molecule has 0 fully saturated rings. The van der Waals surface area contributed by atoms with E-state index in [0.29, 0.717) is 13.0 Å². The normalized spacial score (nSPS) is 14.1. The summed E-state index contributed by atoms with van der Waals surface area (Å²) in [5.74, 6) is 0.762. The lowest BCUT2D eigenvalue weighted by Gasteiger charge is -2.14. The van der Waals surface area contributed by atoms with E-state index < -0.39 is 15.3 Å². The van der Waals surface area contributed by atoms with Crippen molar-refractivity contribution in [3.8, 4) is 0 Å². The van der Waals surface area contributed by atoms with Crippen LogP contribution < -0.4 is 10.5 Å². The first-order valence-electron chi connectivity index (χ1n) is 7.12. The highest BCUT2D eigenvalue weighted by molar-refractivity contribution is 7.90. The average Bonchev–Trinajstić information content (AvgIpc) is 2.28. The van der Waals surface area contributed by atoms with Gasteiger partial charge in [-0.2, -0.15) is 0 Å². The molecule has 3 N–H and O–H groups in total. The van der Waals surface area contributed by atoms with Crippen molar-refractivity contribution in [2.45, 2.75) is 64.5 Å². The van der Waals surface area contributed by atoms with E-state index in [1.54, 1.807) is 0 Å². The third-order valence-corrected chi connectivity index (χ3v) is 5.18. The lowest BCUT2D eigenvalue weighted by molar-refractivity contribution is 0.516. The van der Waals surface area contributed by atoms with Crippen molar-refractivity contribution in [3.05, 3.63) is 0 Å². The Bertz CT molecular complexity index is 285. The Morgan fingerprint density at radius 2 is 1.72 bits per heavy atom. The predicted octanol–water partition coefficient (Wildman–Crippen LogP) is 2.25. The maximum atomic E-state index is 11.8. The molecule has 0 amide bonds. The van der Waals surface area contributed by atoms with E-state index in [9.17, 15) is 8.42 Å². The quantitative estimate of drug-likeness (QED) is 0.569. The third kappa shape index (κ3) is 8.06. The van der Waals surface area contributed by atoms with Gasteiger partial charge in [0, 0.05) is 13.1 Å². The first-order chi connectivity index (χ1) is 8.44. The summed E-state index contributed by atoms with van der Waals surface area (Å²) >= 11 is 0.